The summed E-state index contributed by atoms with van der Waals surface area (Å²) in [7, 11) is -8.56. The Morgan fingerprint density at radius 2 is 0.769 bits per heavy atom. The van der Waals surface area contributed by atoms with Crippen LogP contribution in [0, 0.1) is 0 Å². The molecule has 3 aromatic carbocycles. The molecule has 138 valence electrons. The Morgan fingerprint density at radius 3 is 0.962 bits per heavy atom. The molecule has 26 heavy (non-hydrogen) atoms. The maximum atomic E-state index is 14.4. The van der Waals surface area contributed by atoms with Crippen LogP contribution in [0.3, 0.4) is 0 Å². The molecule has 0 bridgehead atoms. The molecule has 0 aromatic heterocycles. The molecule has 0 N–H and O–H groups in total. The molecule has 0 aliphatic carbocycles. The minimum absolute atomic E-state index is 0.328. The van der Waals surface area contributed by atoms with E-state index in [4.69, 9.17) is 0 Å². The quantitative estimate of drug-likeness (QED) is 0.340. The Hall–Kier alpha value is -2.20. The van der Waals surface area contributed by atoms with Crippen LogP contribution in [-0.4, -0.2) is 13.7 Å². The van der Waals surface area contributed by atoms with Crippen LogP contribution in [-0.2, 0) is 0 Å². The van der Waals surface area contributed by atoms with E-state index >= 15 is 0 Å². The summed E-state index contributed by atoms with van der Waals surface area (Å²) in [6, 6.07) is 30.3. The van der Waals surface area contributed by atoms with E-state index in [0.717, 1.165) is 15.9 Å². The summed E-state index contributed by atoms with van der Waals surface area (Å²) in [6.07, 6.45) is -0.328. The molecule has 0 radical (unpaired) electrons. The monoisotopic (exact) mass is 383 g/mol. The van der Waals surface area contributed by atoms with E-state index in [1.807, 2.05) is 54.6 Å². The van der Waals surface area contributed by atoms with Gasteiger partial charge in [-0.15, -0.1) is 0 Å². The summed E-state index contributed by atoms with van der Waals surface area (Å²) < 4.78 is 53.4. The van der Waals surface area contributed by atoms with E-state index < -0.39 is 14.5 Å². The van der Waals surface area contributed by atoms with Crippen molar-refractivity contribution in [3.05, 3.63) is 91.0 Å². The third kappa shape index (κ3) is 5.15. The fourth-order valence-corrected chi connectivity index (χ4v) is 6.65. The average Bonchev–Trinajstić information content (AvgIpc) is 2.64. The van der Waals surface area contributed by atoms with Gasteiger partial charge in [-0.25, -0.2) is 0 Å². The fraction of sp³-hybridized carbons (Fsp3) is 0.0526. The summed E-state index contributed by atoms with van der Waals surface area (Å²) in [5.41, 5.74) is 0. The molecule has 0 atom stereocenters. The smallest absolute Gasteiger partial charge is 0.418 e. The average molecular weight is 383 g/mol. The Bertz CT molecular complexity index is 677. The van der Waals surface area contributed by atoms with Crippen molar-refractivity contribution in [3.8, 4) is 0 Å². The predicted octanol–water partition coefficient (Wildman–Crippen LogP) is 4.94. The van der Waals surface area contributed by atoms with Crippen LogP contribution < -0.4 is 15.9 Å². The van der Waals surface area contributed by atoms with Crippen molar-refractivity contribution in [2.45, 2.75) is 0 Å². The molecule has 0 fully saturated rings. The van der Waals surface area contributed by atoms with Crippen LogP contribution in [0.15, 0.2) is 91.0 Å². The van der Waals surface area contributed by atoms with E-state index in [1.165, 1.54) is 0 Å². The number of hydrogen-bond donors (Lipinski definition) is 0. The molecule has 0 unspecified atom stereocenters. The molecule has 7 heteroatoms. The third-order valence-electron chi connectivity index (χ3n) is 4.00. The zero-order chi connectivity index (χ0) is 19.0. The molecule has 0 saturated carbocycles. The van der Waals surface area contributed by atoms with Crippen LogP contribution >= 0.6 is 7.26 Å². The number of rotatable bonds is 4. The number of halogens is 5. The topological polar surface area (TPSA) is 0 Å². The Kier molecular flexibility index (Phi) is 6.93. The first-order valence-electron chi connectivity index (χ1n) is 7.98. The predicted molar refractivity (Wildman–Crippen MR) is 103 cm³/mol. The summed E-state index contributed by atoms with van der Waals surface area (Å²) in [4.78, 5) is 0. The zero-order valence-electron chi connectivity index (χ0n) is 13.8. The van der Waals surface area contributed by atoms with Gasteiger partial charge in [-0.3, -0.25) is 0 Å². The Balaban J connectivity index is 0.000000431. The summed E-state index contributed by atoms with van der Waals surface area (Å²) >= 11 is 0. The summed E-state index contributed by atoms with van der Waals surface area (Å²) in [6.45, 7) is 0. The van der Waals surface area contributed by atoms with Crippen molar-refractivity contribution in [2.24, 2.45) is 0 Å². The Labute approximate surface area is 150 Å². The first-order valence-corrected chi connectivity index (χ1v) is 10.2. The van der Waals surface area contributed by atoms with Gasteiger partial charge in [0.1, 0.15) is 0 Å². The van der Waals surface area contributed by atoms with Gasteiger partial charge >= 0.3 is 132 Å². The maximum absolute atomic E-state index is 14.4. The van der Waals surface area contributed by atoms with Crippen molar-refractivity contribution >= 4 is 30.4 Å². The second-order valence-electron chi connectivity index (χ2n) is 5.63. The SMILES string of the molecule is FC[PH](c1ccccc1)(c1ccccc1)c1ccccc1.F[B-](F)(F)F. The third-order valence-corrected chi connectivity index (χ3v) is 8.36. The van der Waals surface area contributed by atoms with Crippen molar-refractivity contribution in [1.29, 1.82) is 0 Å². The van der Waals surface area contributed by atoms with Crippen LogP contribution in [0.5, 0.6) is 0 Å². The summed E-state index contributed by atoms with van der Waals surface area (Å²) in [5.74, 6) is 0. The number of alkyl halides is 1. The fourth-order valence-electron chi connectivity index (χ4n) is 2.90. The first-order chi connectivity index (χ1) is 12.4. The molecular formula is C19H18BF5P-. The molecule has 0 amide bonds. The van der Waals surface area contributed by atoms with Gasteiger partial charge in [0.05, 0.1) is 0 Å². The largest absolute Gasteiger partial charge is 0.673 e. The van der Waals surface area contributed by atoms with E-state index in [2.05, 4.69) is 36.4 Å². The van der Waals surface area contributed by atoms with Crippen molar-refractivity contribution in [1.82, 2.24) is 0 Å². The first kappa shape index (κ1) is 20.1. The second kappa shape index (κ2) is 8.95. The van der Waals surface area contributed by atoms with Crippen LogP contribution in [0.2, 0.25) is 0 Å². The second-order valence-corrected chi connectivity index (χ2v) is 9.44. The van der Waals surface area contributed by atoms with E-state index in [0.29, 0.717) is 0 Å². The van der Waals surface area contributed by atoms with Crippen molar-refractivity contribution < 1.29 is 21.7 Å². The zero-order valence-corrected chi connectivity index (χ0v) is 14.8. The molecular weight excluding hydrogens is 365 g/mol. The van der Waals surface area contributed by atoms with E-state index in [1.54, 1.807) is 0 Å². The van der Waals surface area contributed by atoms with Gasteiger partial charge in [-0.2, -0.15) is 0 Å². The van der Waals surface area contributed by atoms with Gasteiger partial charge in [0.2, 0.25) is 0 Å². The van der Waals surface area contributed by atoms with Gasteiger partial charge in [0.25, 0.3) is 0 Å². The molecule has 3 rings (SSSR count). The summed E-state index contributed by atoms with van der Waals surface area (Å²) in [5, 5.41) is 3.35. The van der Waals surface area contributed by atoms with Gasteiger partial charge in [-0.1, -0.05) is 0 Å². The van der Waals surface area contributed by atoms with Crippen molar-refractivity contribution in [2.75, 3.05) is 6.42 Å². The van der Waals surface area contributed by atoms with E-state index in [-0.39, 0.29) is 6.42 Å². The van der Waals surface area contributed by atoms with Gasteiger partial charge in [0, 0.05) is 0 Å². The van der Waals surface area contributed by atoms with Crippen molar-refractivity contribution in [3.63, 3.8) is 0 Å². The van der Waals surface area contributed by atoms with Crippen LogP contribution in [0.25, 0.3) is 0 Å². The molecule has 3 aromatic rings. The van der Waals surface area contributed by atoms with E-state index in [9.17, 15) is 21.7 Å². The molecule has 0 heterocycles. The minimum Gasteiger partial charge on any atom is -0.418 e. The van der Waals surface area contributed by atoms with Gasteiger partial charge in [0.15, 0.2) is 0 Å². The molecule has 0 aliphatic rings. The van der Waals surface area contributed by atoms with Gasteiger partial charge < -0.3 is 17.3 Å². The maximum Gasteiger partial charge on any atom is 0.673 e. The molecule has 0 spiro atoms. The number of hydrogen-bond acceptors (Lipinski definition) is 0. The number of benzene rings is 3. The minimum atomic E-state index is -6.00. The van der Waals surface area contributed by atoms with Crippen LogP contribution in [0.1, 0.15) is 0 Å². The normalized spacial score (nSPS) is 12.0. The molecule has 0 saturated heterocycles. The van der Waals surface area contributed by atoms with Gasteiger partial charge in [-0.05, 0) is 0 Å². The van der Waals surface area contributed by atoms with Crippen LogP contribution in [0.4, 0.5) is 21.7 Å². The standard InChI is InChI=1S/C19H18FP.BF4/c20-16-21(17-10-4-1-5-11-17,18-12-6-2-7-13-18)19-14-8-3-9-15-19;2-1(3,4)5/h1-15,21H,16H2;/q;-1. The molecule has 0 nitrogen and oxygen atoms in total. The Morgan fingerprint density at radius 1 is 0.538 bits per heavy atom. The molecule has 0 aliphatic heterocycles.